The van der Waals surface area contributed by atoms with Crippen molar-refractivity contribution in [3.63, 3.8) is 0 Å². The molecule has 0 spiro atoms. The summed E-state index contributed by atoms with van der Waals surface area (Å²) in [4.78, 5) is 40.8. The number of hydrogen-bond acceptors (Lipinski definition) is 4. The van der Waals surface area contributed by atoms with Crippen LogP contribution in [0.2, 0.25) is 0 Å². The number of nitrogens with zero attached hydrogens (tertiary/aromatic N) is 2. The molecule has 0 bridgehead atoms. The second-order valence-electron chi connectivity index (χ2n) is 5.27. The molecule has 0 saturated heterocycles. The first kappa shape index (κ1) is 17.3. The number of benzene rings is 1. The van der Waals surface area contributed by atoms with Gasteiger partial charge >= 0.3 is 0 Å². The quantitative estimate of drug-likeness (QED) is 0.825. The second-order valence-corrected chi connectivity index (χ2v) is 5.27. The van der Waals surface area contributed by atoms with E-state index in [1.54, 1.807) is 42.6 Å². The van der Waals surface area contributed by atoms with Gasteiger partial charge in [0.15, 0.2) is 5.78 Å². The van der Waals surface area contributed by atoms with Crippen LogP contribution in [0.1, 0.15) is 34.6 Å². The molecular formula is C18H19N3O3. The Kier molecular flexibility index (Phi) is 5.78. The van der Waals surface area contributed by atoms with Crippen LogP contribution in [-0.4, -0.2) is 35.7 Å². The first-order valence-corrected chi connectivity index (χ1v) is 7.56. The maximum Gasteiger partial charge on any atom is 0.252 e. The van der Waals surface area contributed by atoms with Gasteiger partial charge in [0.2, 0.25) is 5.91 Å². The van der Waals surface area contributed by atoms with Crippen molar-refractivity contribution in [2.24, 2.45) is 0 Å². The summed E-state index contributed by atoms with van der Waals surface area (Å²) in [5.41, 5.74) is 1.63. The van der Waals surface area contributed by atoms with Gasteiger partial charge in [-0.1, -0.05) is 12.1 Å². The Balaban J connectivity index is 2.02. The molecule has 6 heteroatoms. The minimum absolute atomic E-state index is 0.0646. The lowest BCUT2D eigenvalue weighted by atomic mass is 10.1. The molecule has 0 aliphatic heterocycles. The molecule has 0 aliphatic carbocycles. The molecule has 24 heavy (non-hydrogen) atoms. The van der Waals surface area contributed by atoms with Crippen molar-refractivity contribution in [3.8, 4) is 0 Å². The van der Waals surface area contributed by atoms with Gasteiger partial charge in [0.25, 0.3) is 5.91 Å². The molecule has 1 N–H and O–H groups in total. The molecule has 0 unspecified atom stereocenters. The highest BCUT2D eigenvalue weighted by Crippen LogP contribution is 2.16. The Bertz CT molecular complexity index is 744. The first-order chi connectivity index (χ1) is 11.5. The molecule has 0 atom stereocenters. The highest BCUT2D eigenvalue weighted by Gasteiger charge is 2.13. The van der Waals surface area contributed by atoms with E-state index in [0.29, 0.717) is 23.4 Å². The molecule has 1 heterocycles. The summed E-state index contributed by atoms with van der Waals surface area (Å²) in [6.45, 7) is 3.52. The van der Waals surface area contributed by atoms with Crippen molar-refractivity contribution in [2.45, 2.75) is 13.8 Å². The molecule has 2 amide bonds. The van der Waals surface area contributed by atoms with Crippen molar-refractivity contribution in [1.29, 1.82) is 0 Å². The fourth-order valence-electron chi connectivity index (χ4n) is 2.24. The number of nitrogens with one attached hydrogen (secondary N) is 1. The summed E-state index contributed by atoms with van der Waals surface area (Å²) in [6, 6.07) is 10.2. The number of pyridine rings is 1. The van der Waals surface area contributed by atoms with E-state index in [1.807, 2.05) is 0 Å². The fraction of sp³-hybridized carbons (Fsp3) is 0.222. The van der Waals surface area contributed by atoms with Crippen molar-refractivity contribution in [2.75, 3.05) is 18.0 Å². The zero-order valence-corrected chi connectivity index (χ0v) is 13.7. The third-order valence-electron chi connectivity index (χ3n) is 3.49. The smallest absolute Gasteiger partial charge is 0.252 e. The van der Waals surface area contributed by atoms with Crippen LogP contribution in [0.15, 0.2) is 48.8 Å². The first-order valence-electron chi connectivity index (χ1n) is 7.56. The largest absolute Gasteiger partial charge is 0.350 e. The molecule has 124 valence electrons. The molecule has 2 rings (SSSR count). The summed E-state index contributed by atoms with van der Waals surface area (Å²) in [5.74, 6) is -0.472. The lowest BCUT2D eigenvalue weighted by Gasteiger charge is -2.22. The second kappa shape index (κ2) is 8.01. The zero-order chi connectivity index (χ0) is 17.5. The minimum Gasteiger partial charge on any atom is -0.350 e. The van der Waals surface area contributed by atoms with E-state index in [0.717, 1.165) is 0 Å². The van der Waals surface area contributed by atoms with Crippen LogP contribution in [0.4, 0.5) is 5.69 Å². The van der Waals surface area contributed by atoms with E-state index >= 15 is 0 Å². The van der Waals surface area contributed by atoms with Crippen molar-refractivity contribution >= 4 is 23.3 Å². The summed E-state index contributed by atoms with van der Waals surface area (Å²) >= 11 is 0. The Morgan fingerprint density at radius 3 is 2.46 bits per heavy atom. The number of rotatable bonds is 6. The van der Waals surface area contributed by atoms with Crippen molar-refractivity contribution in [3.05, 3.63) is 59.9 Å². The van der Waals surface area contributed by atoms with E-state index in [9.17, 15) is 14.4 Å². The molecule has 0 aliphatic rings. The average molecular weight is 325 g/mol. The van der Waals surface area contributed by atoms with E-state index < -0.39 is 0 Å². The van der Waals surface area contributed by atoms with Gasteiger partial charge in [-0.15, -0.1) is 0 Å². The predicted octanol–water partition coefficient (Wildman–Crippen LogP) is 2.07. The maximum atomic E-state index is 12.0. The van der Waals surface area contributed by atoms with E-state index in [-0.39, 0.29) is 24.1 Å². The summed E-state index contributed by atoms with van der Waals surface area (Å²) in [7, 11) is 0. The normalized spacial score (nSPS) is 10.1. The van der Waals surface area contributed by atoms with E-state index in [1.165, 1.54) is 24.9 Å². The zero-order valence-electron chi connectivity index (χ0n) is 13.7. The third kappa shape index (κ3) is 4.49. The van der Waals surface area contributed by atoms with Crippen molar-refractivity contribution in [1.82, 2.24) is 10.3 Å². The van der Waals surface area contributed by atoms with Gasteiger partial charge in [-0.3, -0.25) is 19.4 Å². The number of aromatic nitrogens is 1. The molecule has 1 aromatic carbocycles. The van der Waals surface area contributed by atoms with Crippen LogP contribution in [-0.2, 0) is 4.79 Å². The summed E-state index contributed by atoms with van der Waals surface area (Å²) in [6.07, 6.45) is 3.07. The molecule has 0 fully saturated rings. The molecular weight excluding hydrogens is 306 g/mol. The lowest BCUT2D eigenvalue weighted by molar-refractivity contribution is -0.116. The number of anilines is 1. The number of carbonyl (C=O) groups is 3. The number of Topliss-reactive ketones (excluding diaryl/α,β-unsaturated/α-hetero) is 1. The van der Waals surface area contributed by atoms with Gasteiger partial charge in [-0.05, 0) is 31.2 Å². The van der Waals surface area contributed by atoms with Gasteiger partial charge in [0.05, 0.1) is 5.56 Å². The Morgan fingerprint density at radius 2 is 1.83 bits per heavy atom. The minimum atomic E-state index is -0.246. The van der Waals surface area contributed by atoms with Gasteiger partial charge in [-0.2, -0.15) is 0 Å². The van der Waals surface area contributed by atoms with Crippen LogP contribution in [0.3, 0.4) is 0 Å². The Hall–Kier alpha value is -3.02. The molecule has 2 aromatic rings. The maximum absolute atomic E-state index is 12.0. The fourth-order valence-corrected chi connectivity index (χ4v) is 2.24. The Morgan fingerprint density at radius 1 is 1.08 bits per heavy atom. The molecule has 0 radical (unpaired) electrons. The van der Waals surface area contributed by atoms with Gasteiger partial charge in [0.1, 0.15) is 0 Å². The SMILES string of the molecule is CC(=O)c1cccc(N(CCNC(=O)c2cccnc2)C(C)=O)c1. The van der Waals surface area contributed by atoms with Gasteiger partial charge in [0, 0.05) is 43.7 Å². The lowest BCUT2D eigenvalue weighted by Crippen LogP contribution is -2.37. The standard InChI is InChI=1S/C18H19N3O3/c1-13(22)15-5-3-7-17(11-15)21(14(2)23)10-9-20-18(24)16-6-4-8-19-12-16/h3-8,11-12H,9-10H2,1-2H3,(H,20,24). The third-order valence-corrected chi connectivity index (χ3v) is 3.49. The van der Waals surface area contributed by atoms with Crippen LogP contribution >= 0.6 is 0 Å². The topological polar surface area (TPSA) is 79.4 Å². The summed E-state index contributed by atoms with van der Waals surface area (Å²) < 4.78 is 0. The predicted molar refractivity (Wildman–Crippen MR) is 91.0 cm³/mol. The summed E-state index contributed by atoms with van der Waals surface area (Å²) in [5, 5.41) is 2.75. The number of hydrogen-bond donors (Lipinski definition) is 1. The van der Waals surface area contributed by atoms with E-state index in [2.05, 4.69) is 10.3 Å². The monoisotopic (exact) mass is 325 g/mol. The molecule has 0 saturated carbocycles. The molecule has 6 nitrogen and oxygen atoms in total. The number of ketones is 1. The van der Waals surface area contributed by atoms with Crippen molar-refractivity contribution < 1.29 is 14.4 Å². The highest BCUT2D eigenvalue weighted by molar-refractivity contribution is 5.97. The average Bonchev–Trinajstić information content (AvgIpc) is 2.59. The van der Waals surface area contributed by atoms with Gasteiger partial charge < -0.3 is 10.2 Å². The van der Waals surface area contributed by atoms with Gasteiger partial charge in [-0.25, -0.2) is 0 Å². The highest BCUT2D eigenvalue weighted by atomic mass is 16.2. The number of amides is 2. The van der Waals surface area contributed by atoms with Crippen LogP contribution < -0.4 is 10.2 Å². The van der Waals surface area contributed by atoms with Crippen LogP contribution in [0.5, 0.6) is 0 Å². The van der Waals surface area contributed by atoms with Crippen LogP contribution in [0, 0.1) is 0 Å². The molecule has 1 aromatic heterocycles. The van der Waals surface area contributed by atoms with E-state index in [4.69, 9.17) is 0 Å². The number of carbonyl (C=O) groups excluding carboxylic acids is 3. The Labute approximate surface area is 140 Å². The van der Waals surface area contributed by atoms with Crippen LogP contribution in [0.25, 0.3) is 0 Å².